The molecule has 1 aliphatic rings. The van der Waals surface area contributed by atoms with Gasteiger partial charge in [0.15, 0.2) is 5.96 Å². The average molecular weight is 390 g/mol. The first-order valence-electron chi connectivity index (χ1n) is 10.7. The Morgan fingerprint density at radius 2 is 1.93 bits per heavy atom. The van der Waals surface area contributed by atoms with E-state index in [1.807, 2.05) is 19.2 Å². The molecule has 0 bridgehead atoms. The topological polar surface area (TPSA) is 52.1 Å². The SMILES string of the molecule is CCCN1CCC(NC(=NC)NCc2ccc(OCCCN(C)C)cc2)CC1. The van der Waals surface area contributed by atoms with E-state index in [0.717, 1.165) is 37.8 Å². The third kappa shape index (κ3) is 8.48. The Morgan fingerprint density at radius 1 is 1.21 bits per heavy atom. The molecule has 0 radical (unpaired) electrons. The summed E-state index contributed by atoms with van der Waals surface area (Å²) >= 11 is 0. The fourth-order valence-corrected chi connectivity index (χ4v) is 3.47. The smallest absolute Gasteiger partial charge is 0.191 e. The first-order chi connectivity index (χ1) is 13.6. The van der Waals surface area contributed by atoms with E-state index < -0.39 is 0 Å². The number of nitrogens with one attached hydrogen (secondary N) is 2. The molecule has 0 saturated carbocycles. The van der Waals surface area contributed by atoms with Gasteiger partial charge in [-0.15, -0.1) is 0 Å². The molecule has 0 unspecified atom stereocenters. The van der Waals surface area contributed by atoms with Gasteiger partial charge < -0.3 is 25.2 Å². The molecule has 0 spiro atoms. The molecule has 6 heteroatoms. The number of piperidine rings is 1. The Balaban J connectivity index is 1.68. The van der Waals surface area contributed by atoms with Crippen LogP contribution in [-0.4, -0.2) is 75.7 Å². The van der Waals surface area contributed by atoms with E-state index in [0.29, 0.717) is 6.04 Å². The standard InChI is InChI=1S/C22H39N5O/c1-5-13-27-15-11-20(12-16-27)25-22(23-2)24-18-19-7-9-21(10-8-19)28-17-6-14-26(3)4/h7-10,20H,5-6,11-18H2,1-4H3,(H2,23,24,25). The highest BCUT2D eigenvalue weighted by Crippen LogP contribution is 2.13. The van der Waals surface area contributed by atoms with Crippen LogP contribution in [0.4, 0.5) is 0 Å². The number of guanidine groups is 1. The lowest BCUT2D eigenvalue weighted by molar-refractivity contribution is 0.206. The first-order valence-corrected chi connectivity index (χ1v) is 10.7. The molecule has 0 aromatic heterocycles. The van der Waals surface area contributed by atoms with Gasteiger partial charge in [-0.3, -0.25) is 4.99 Å². The van der Waals surface area contributed by atoms with Gasteiger partial charge in [0.25, 0.3) is 0 Å². The number of benzene rings is 1. The predicted octanol–water partition coefficient (Wildman–Crippen LogP) is 2.56. The molecular formula is C22H39N5O. The van der Waals surface area contributed by atoms with E-state index in [-0.39, 0.29) is 0 Å². The highest BCUT2D eigenvalue weighted by atomic mass is 16.5. The molecule has 1 aromatic rings. The van der Waals surface area contributed by atoms with Crippen LogP contribution in [0.1, 0.15) is 38.2 Å². The Labute approximate surface area is 171 Å². The summed E-state index contributed by atoms with van der Waals surface area (Å²) in [6.07, 6.45) is 4.64. The molecule has 0 aliphatic carbocycles. The lowest BCUT2D eigenvalue weighted by atomic mass is 10.1. The Kier molecular flexibility index (Phi) is 10.1. The zero-order chi connectivity index (χ0) is 20.2. The van der Waals surface area contributed by atoms with Crippen LogP contribution >= 0.6 is 0 Å². The summed E-state index contributed by atoms with van der Waals surface area (Å²) in [7, 11) is 6.01. The fraction of sp³-hybridized carbons (Fsp3) is 0.682. The maximum atomic E-state index is 5.80. The Morgan fingerprint density at radius 3 is 2.54 bits per heavy atom. The molecule has 0 atom stereocenters. The van der Waals surface area contributed by atoms with Crippen molar-refractivity contribution < 1.29 is 4.74 Å². The molecular weight excluding hydrogens is 350 g/mol. The van der Waals surface area contributed by atoms with Crippen molar-refractivity contribution in [3.63, 3.8) is 0 Å². The fourth-order valence-electron chi connectivity index (χ4n) is 3.47. The van der Waals surface area contributed by atoms with Crippen molar-refractivity contribution in [1.29, 1.82) is 0 Å². The summed E-state index contributed by atoms with van der Waals surface area (Å²) in [6, 6.07) is 8.84. The third-order valence-electron chi connectivity index (χ3n) is 5.09. The van der Waals surface area contributed by atoms with Gasteiger partial charge in [0, 0.05) is 39.3 Å². The summed E-state index contributed by atoms with van der Waals surface area (Å²) in [5, 5.41) is 7.01. The van der Waals surface area contributed by atoms with E-state index >= 15 is 0 Å². The van der Waals surface area contributed by atoms with Crippen LogP contribution in [0.25, 0.3) is 0 Å². The molecule has 1 aliphatic heterocycles. The van der Waals surface area contributed by atoms with E-state index in [2.05, 4.69) is 58.6 Å². The lowest BCUT2D eigenvalue weighted by Crippen LogP contribution is -2.48. The second kappa shape index (κ2) is 12.6. The zero-order valence-corrected chi connectivity index (χ0v) is 18.2. The molecule has 2 rings (SSSR count). The maximum absolute atomic E-state index is 5.80. The molecule has 1 saturated heterocycles. The number of hydrogen-bond acceptors (Lipinski definition) is 4. The Bertz CT molecular complexity index is 565. The largest absolute Gasteiger partial charge is 0.494 e. The summed E-state index contributed by atoms with van der Waals surface area (Å²) in [5.41, 5.74) is 1.22. The van der Waals surface area contributed by atoms with E-state index in [9.17, 15) is 0 Å². The molecule has 1 aromatic carbocycles. The number of rotatable bonds is 10. The van der Waals surface area contributed by atoms with Gasteiger partial charge in [-0.2, -0.15) is 0 Å². The predicted molar refractivity (Wildman–Crippen MR) is 118 cm³/mol. The van der Waals surface area contributed by atoms with Gasteiger partial charge in [0.1, 0.15) is 5.75 Å². The number of aliphatic imine (C=N–C) groups is 1. The summed E-state index contributed by atoms with van der Waals surface area (Å²) in [4.78, 5) is 9.11. The van der Waals surface area contributed by atoms with Gasteiger partial charge in [0.2, 0.25) is 0 Å². The van der Waals surface area contributed by atoms with E-state index in [1.54, 1.807) is 0 Å². The number of likely N-dealkylation sites (tertiary alicyclic amines) is 1. The summed E-state index contributed by atoms with van der Waals surface area (Å²) in [6.45, 7) is 8.39. The number of hydrogen-bond donors (Lipinski definition) is 2. The van der Waals surface area contributed by atoms with Crippen molar-refractivity contribution in [3.8, 4) is 5.75 Å². The molecule has 1 fully saturated rings. The van der Waals surface area contributed by atoms with Crippen molar-refractivity contribution in [2.45, 2.75) is 45.2 Å². The minimum atomic E-state index is 0.511. The average Bonchev–Trinajstić information content (AvgIpc) is 2.70. The van der Waals surface area contributed by atoms with Crippen LogP contribution in [0.15, 0.2) is 29.3 Å². The van der Waals surface area contributed by atoms with E-state index in [1.165, 1.54) is 44.5 Å². The van der Waals surface area contributed by atoms with Gasteiger partial charge >= 0.3 is 0 Å². The molecule has 2 N–H and O–H groups in total. The zero-order valence-electron chi connectivity index (χ0n) is 18.2. The number of ether oxygens (including phenoxy) is 1. The van der Waals surface area contributed by atoms with Crippen LogP contribution in [0.2, 0.25) is 0 Å². The molecule has 158 valence electrons. The highest BCUT2D eigenvalue weighted by Gasteiger charge is 2.19. The van der Waals surface area contributed by atoms with Crippen molar-refractivity contribution in [2.24, 2.45) is 4.99 Å². The van der Waals surface area contributed by atoms with Crippen molar-refractivity contribution in [3.05, 3.63) is 29.8 Å². The second-order valence-corrected chi connectivity index (χ2v) is 7.84. The van der Waals surface area contributed by atoms with Gasteiger partial charge in [0.05, 0.1) is 6.61 Å². The first kappa shape index (κ1) is 22.5. The summed E-state index contributed by atoms with van der Waals surface area (Å²) < 4.78 is 5.80. The van der Waals surface area contributed by atoms with E-state index in [4.69, 9.17) is 4.74 Å². The van der Waals surface area contributed by atoms with Crippen molar-refractivity contribution in [1.82, 2.24) is 20.4 Å². The lowest BCUT2D eigenvalue weighted by Gasteiger charge is -2.32. The molecule has 28 heavy (non-hydrogen) atoms. The quantitative estimate of drug-likeness (QED) is 0.366. The maximum Gasteiger partial charge on any atom is 0.191 e. The molecule has 0 amide bonds. The van der Waals surface area contributed by atoms with Crippen LogP contribution in [0, 0.1) is 0 Å². The highest BCUT2D eigenvalue weighted by molar-refractivity contribution is 5.79. The minimum absolute atomic E-state index is 0.511. The second-order valence-electron chi connectivity index (χ2n) is 7.84. The van der Waals surface area contributed by atoms with Crippen LogP contribution in [0.5, 0.6) is 5.75 Å². The van der Waals surface area contributed by atoms with Gasteiger partial charge in [-0.1, -0.05) is 19.1 Å². The van der Waals surface area contributed by atoms with Gasteiger partial charge in [-0.05, 0) is 64.0 Å². The monoisotopic (exact) mass is 389 g/mol. The van der Waals surface area contributed by atoms with Crippen LogP contribution in [0.3, 0.4) is 0 Å². The normalized spacial score (nSPS) is 16.4. The summed E-state index contributed by atoms with van der Waals surface area (Å²) in [5.74, 6) is 1.82. The third-order valence-corrected chi connectivity index (χ3v) is 5.09. The van der Waals surface area contributed by atoms with Crippen LogP contribution in [-0.2, 0) is 6.54 Å². The van der Waals surface area contributed by atoms with Crippen LogP contribution < -0.4 is 15.4 Å². The Hall–Kier alpha value is -1.79. The minimum Gasteiger partial charge on any atom is -0.494 e. The molecule has 1 heterocycles. The van der Waals surface area contributed by atoms with Crippen molar-refractivity contribution in [2.75, 3.05) is 53.9 Å². The van der Waals surface area contributed by atoms with Gasteiger partial charge in [-0.25, -0.2) is 0 Å². The van der Waals surface area contributed by atoms with Crippen molar-refractivity contribution >= 4 is 5.96 Å². The number of nitrogens with zero attached hydrogens (tertiary/aromatic N) is 3. The molecule has 6 nitrogen and oxygen atoms in total.